The number of nitrogens with two attached hydrogens (primary N) is 1. The summed E-state index contributed by atoms with van der Waals surface area (Å²) in [5.41, 5.74) is 7.03. The maximum atomic E-state index is 11.5. The highest BCUT2D eigenvalue weighted by atomic mass is 16.1. The van der Waals surface area contributed by atoms with Gasteiger partial charge in [-0.25, -0.2) is 0 Å². The third-order valence-corrected chi connectivity index (χ3v) is 2.18. The molecule has 3 N–H and O–H groups in total. The molecule has 0 fully saturated rings. The summed E-state index contributed by atoms with van der Waals surface area (Å²) in [6, 6.07) is 7.20. The number of amides is 1. The van der Waals surface area contributed by atoms with E-state index in [1.807, 2.05) is 26.2 Å². The minimum atomic E-state index is 0.0347. The van der Waals surface area contributed by atoms with Crippen LogP contribution in [0.3, 0.4) is 0 Å². The molecule has 0 aliphatic heterocycles. The van der Waals surface area contributed by atoms with Crippen molar-refractivity contribution in [2.24, 2.45) is 0 Å². The van der Waals surface area contributed by atoms with Crippen molar-refractivity contribution in [3.63, 3.8) is 0 Å². The van der Waals surface area contributed by atoms with E-state index in [1.165, 1.54) is 0 Å². The van der Waals surface area contributed by atoms with E-state index in [9.17, 15) is 4.79 Å². The highest BCUT2D eigenvalue weighted by molar-refractivity contribution is 5.91. The Hall–Kier alpha value is -1.55. The SMILES string of the molecule is CN(C)CCCC(=O)Nc1cccc(N)c1. The van der Waals surface area contributed by atoms with Crippen LogP contribution in [-0.2, 0) is 4.79 Å². The predicted octanol–water partition coefficient (Wildman–Crippen LogP) is 1.55. The zero-order chi connectivity index (χ0) is 12.0. The first-order chi connectivity index (χ1) is 7.58. The molecule has 0 aromatic heterocycles. The zero-order valence-corrected chi connectivity index (χ0v) is 9.86. The van der Waals surface area contributed by atoms with Crippen LogP contribution < -0.4 is 11.1 Å². The molecule has 0 atom stereocenters. The van der Waals surface area contributed by atoms with Gasteiger partial charge in [0.15, 0.2) is 0 Å². The van der Waals surface area contributed by atoms with Gasteiger partial charge >= 0.3 is 0 Å². The molecule has 1 amide bonds. The van der Waals surface area contributed by atoms with Gasteiger partial charge in [-0.3, -0.25) is 4.79 Å². The first kappa shape index (κ1) is 12.5. The summed E-state index contributed by atoms with van der Waals surface area (Å²) in [7, 11) is 3.99. The molecule has 88 valence electrons. The van der Waals surface area contributed by atoms with Crippen LogP contribution in [0.1, 0.15) is 12.8 Å². The molecular formula is C12H19N3O. The molecule has 4 heteroatoms. The Morgan fingerprint density at radius 2 is 2.19 bits per heavy atom. The summed E-state index contributed by atoms with van der Waals surface area (Å²) < 4.78 is 0. The lowest BCUT2D eigenvalue weighted by Crippen LogP contribution is -2.17. The van der Waals surface area contributed by atoms with Crippen LogP contribution in [0.15, 0.2) is 24.3 Å². The van der Waals surface area contributed by atoms with E-state index in [0.29, 0.717) is 12.1 Å². The van der Waals surface area contributed by atoms with Crippen molar-refractivity contribution in [1.82, 2.24) is 4.90 Å². The topological polar surface area (TPSA) is 58.4 Å². The van der Waals surface area contributed by atoms with Crippen molar-refractivity contribution in [2.45, 2.75) is 12.8 Å². The molecule has 16 heavy (non-hydrogen) atoms. The van der Waals surface area contributed by atoms with Gasteiger partial charge in [0, 0.05) is 17.8 Å². The first-order valence-corrected chi connectivity index (χ1v) is 5.38. The van der Waals surface area contributed by atoms with Crippen molar-refractivity contribution >= 4 is 17.3 Å². The van der Waals surface area contributed by atoms with Crippen molar-refractivity contribution in [3.8, 4) is 0 Å². The van der Waals surface area contributed by atoms with Gasteiger partial charge in [-0.2, -0.15) is 0 Å². The molecule has 1 rings (SSSR count). The van der Waals surface area contributed by atoms with Gasteiger partial charge in [0.05, 0.1) is 0 Å². The Morgan fingerprint density at radius 3 is 2.81 bits per heavy atom. The Kier molecular flexibility index (Phi) is 4.79. The van der Waals surface area contributed by atoms with Crippen molar-refractivity contribution in [1.29, 1.82) is 0 Å². The second kappa shape index (κ2) is 6.12. The summed E-state index contributed by atoms with van der Waals surface area (Å²) in [5.74, 6) is 0.0347. The Balaban J connectivity index is 2.34. The van der Waals surface area contributed by atoms with Crippen LogP contribution in [0.5, 0.6) is 0 Å². The Morgan fingerprint density at radius 1 is 1.44 bits per heavy atom. The molecular weight excluding hydrogens is 202 g/mol. The van der Waals surface area contributed by atoms with Crippen LogP contribution in [0.4, 0.5) is 11.4 Å². The van der Waals surface area contributed by atoms with Crippen molar-refractivity contribution < 1.29 is 4.79 Å². The number of hydrogen-bond donors (Lipinski definition) is 2. The molecule has 0 unspecified atom stereocenters. The number of carbonyl (C=O) groups is 1. The number of carbonyl (C=O) groups excluding carboxylic acids is 1. The van der Waals surface area contributed by atoms with Crippen LogP contribution in [0, 0.1) is 0 Å². The van der Waals surface area contributed by atoms with Gasteiger partial charge in [-0.05, 0) is 45.3 Å². The van der Waals surface area contributed by atoms with Gasteiger partial charge in [-0.15, -0.1) is 0 Å². The second-order valence-electron chi connectivity index (χ2n) is 4.08. The number of nitrogens with one attached hydrogen (secondary N) is 1. The van der Waals surface area contributed by atoms with Gasteiger partial charge in [-0.1, -0.05) is 6.07 Å². The summed E-state index contributed by atoms with van der Waals surface area (Å²) in [4.78, 5) is 13.6. The number of nitrogens with zero attached hydrogens (tertiary/aromatic N) is 1. The molecule has 0 spiro atoms. The minimum absolute atomic E-state index is 0.0347. The molecule has 0 heterocycles. The summed E-state index contributed by atoms with van der Waals surface area (Å²) in [5, 5.41) is 2.82. The normalized spacial score (nSPS) is 10.4. The third kappa shape index (κ3) is 4.79. The van der Waals surface area contributed by atoms with Gasteiger partial charge in [0.1, 0.15) is 0 Å². The van der Waals surface area contributed by atoms with Crippen LogP contribution in [0.2, 0.25) is 0 Å². The second-order valence-corrected chi connectivity index (χ2v) is 4.08. The highest BCUT2D eigenvalue weighted by Crippen LogP contribution is 2.12. The van der Waals surface area contributed by atoms with E-state index in [2.05, 4.69) is 10.2 Å². The largest absolute Gasteiger partial charge is 0.399 e. The highest BCUT2D eigenvalue weighted by Gasteiger charge is 2.02. The molecule has 1 aromatic carbocycles. The number of benzene rings is 1. The van der Waals surface area contributed by atoms with E-state index >= 15 is 0 Å². The number of hydrogen-bond acceptors (Lipinski definition) is 3. The summed E-state index contributed by atoms with van der Waals surface area (Å²) in [6.07, 6.45) is 1.40. The maximum absolute atomic E-state index is 11.5. The molecule has 0 aliphatic carbocycles. The Bertz CT molecular complexity index is 350. The summed E-state index contributed by atoms with van der Waals surface area (Å²) >= 11 is 0. The number of anilines is 2. The average molecular weight is 221 g/mol. The predicted molar refractivity (Wildman–Crippen MR) is 67.3 cm³/mol. The van der Waals surface area contributed by atoms with Gasteiger partial charge in [0.2, 0.25) is 5.91 Å². The van der Waals surface area contributed by atoms with Gasteiger partial charge < -0.3 is 16.0 Å². The van der Waals surface area contributed by atoms with Gasteiger partial charge in [0.25, 0.3) is 0 Å². The smallest absolute Gasteiger partial charge is 0.224 e. The van der Waals surface area contributed by atoms with E-state index in [1.54, 1.807) is 12.1 Å². The molecule has 1 aromatic rings. The fraction of sp³-hybridized carbons (Fsp3) is 0.417. The lowest BCUT2D eigenvalue weighted by Gasteiger charge is -2.09. The lowest BCUT2D eigenvalue weighted by atomic mass is 10.2. The third-order valence-electron chi connectivity index (χ3n) is 2.18. The lowest BCUT2D eigenvalue weighted by molar-refractivity contribution is -0.116. The summed E-state index contributed by atoms with van der Waals surface area (Å²) in [6.45, 7) is 0.921. The molecule has 0 radical (unpaired) electrons. The van der Waals surface area contributed by atoms with E-state index in [-0.39, 0.29) is 5.91 Å². The molecule has 0 bridgehead atoms. The number of nitrogen functional groups attached to an aromatic ring is 1. The molecule has 4 nitrogen and oxygen atoms in total. The van der Waals surface area contributed by atoms with E-state index in [4.69, 9.17) is 5.73 Å². The number of rotatable bonds is 5. The molecule has 0 saturated heterocycles. The van der Waals surface area contributed by atoms with E-state index < -0.39 is 0 Å². The minimum Gasteiger partial charge on any atom is -0.399 e. The van der Waals surface area contributed by atoms with Crippen LogP contribution in [-0.4, -0.2) is 31.4 Å². The fourth-order valence-electron chi connectivity index (χ4n) is 1.40. The maximum Gasteiger partial charge on any atom is 0.224 e. The quantitative estimate of drug-likeness (QED) is 0.742. The van der Waals surface area contributed by atoms with Crippen LogP contribution in [0.25, 0.3) is 0 Å². The molecule has 0 aliphatic rings. The fourth-order valence-corrected chi connectivity index (χ4v) is 1.40. The molecule has 0 saturated carbocycles. The van der Waals surface area contributed by atoms with Crippen molar-refractivity contribution in [2.75, 3.05) is 31.7 Å². The average Bonchev–Trinajstić information content (AvgIpc) is 2.16. The van der Waals surface area contributed by atoms with Crippen LogP contribution >= 0.6 is 0 Å². The first-order valence-electron chi connectivity index (χ1n) is 5.38. The zero-order valence-electron chi connectivity index (χ0n) is 9.86. The van der Waals surface area contributed by atoms with Crippen molar-refractivity contribution in [3.05, 3.63) is 24.3 Å². The monoisotopic (exact) mass is 221 g/mol. The van der Waals surface area contributed by atoms with E-state index in [0.717, 1.165) is 18.7 Å². The standard InChI is InChI=1S/C12H19N3O/c1-15(2)8-4-7-12(16)14-11-6-3-5-10(13)9-11/h3,5-6,9H,4,7-8,13H2,1-2H3,(H,14,16). The Labute approximate surface area is 96.4 Å².